The quantitative estimate of drug-likeness (QED) is 0.680. The van der Waals surface area contributed by atoms with Gasteiger partial charge in [-0.3, -0.25) is 0 Å². The predicted molar refractivity (Wildman–Crippen MR) is 92.0 cm³/mol. The van der Waals surface area contributed by atoms with Crippen LogP contribution in [0.2, 0.25) is 0 Å². The normalized spacial score (nSPS) is 13.6. The summed E-state index contributed by atoms with van der Waals surface area (Å²) in [7, 11) is 0. The van der Waals surface area contributed by atoms with E-state index in [9.17, 15) is 0 Å². The van der Waals surface area contributed by atoms with Crippen LogP contribution >= 0.6 is 0 Å². The highest BCUT2D eigenvalue weighted by Crippen LogP contribution is 2.37. The molecule has 0 fully saturated rings. The highest BCUT2D eigenvalue weighted by Gasteiger charge is 2.25. The SMILES string of the molecule is CCCCN1C=[N+](CCCC)c2cccc3cccc1c23. The van der Waals surface area contributed by atoms with E-state index in [1.54, 1.807) is 0 Å². The van der Waals surface area contributed by atoms with Crippen LogP contribution in [0.4, 0.5) is 11.4 Å². The largest absolute Gasteiger partial charge is 0.244 e. The van der Waals surface area contributed by atoms with E-state index in [0.717, 1.165) is 13.1 Å². The molecule has 0 atom stereocenters. The van der Waals surface area contributed by atoms with Crippen molar-refractivity contribution in [1.82, 2.24) is 0 Å². The van der Waals surface area contributed by atoms with Crippen LogP contribution in [-0.4, -0.2) is 24.0 Å². The third-order valence-corrected chi connectivity index (χ3v) is 4.26. The van der Waals surface area contributed by atoms with E-state index < -0.39 is 0 Å². The maximum atomic E-state index is 2.44. The van der Waals surface area contributed by atoms with E-state index in [-0.39, 0.29) is 0 Å². The van der Waals surface area contributed by atoms with Crippen molar-refractivity contribution in [2.75, 3.05) is 18.0 Å². The predicted octanol–water partition coefficient (Wildman–Crippen LogP) is 4.93. The Bertz CT molecular complexity index is 652. The van der Waals surface area contributed by atoms with Gasteiger partial charge in [-0.15, -0.1) is 0 Å². The standard InChI is InChI=1S/C19H25N2/c1-3-5-13-20-15-21(14-6-4-2)18-12-8-10-16-9-7-11-17(20)19(16)18/h7-12,15H,3-6,13-14H2,1-2H3/q+1. The molecule has 0 radical (unpaired) electrons. The lowest BCUT2D eigenvalue weighted by atomic mass is 10.0. The van der Waals surface area contributed by atoms with Gasteiger partial charge in [0.15, 0.2) is 0 Å². The van der Waals surface area contributed by atoms with Crippen LogP contribution in [0.15, 0.2) is 36.4 Å². The van der Waals surface area contributed by atoms with Crippen LogP contribution in [-0.2, 0) is 0 Å². The highest BCUT2D eigenvalue weighted by molar-refractivity contribution is 6.06. The molecule has 0 unspecified atom stereocenters. The van der Waals surface area contributed by atoms with E-state index >= 15 is 0 Å². The Morgan fingerprint density at radius 1 is 0.952 bits per heavy atom. The van der Waals surface area contributed by atoms with E-state index in [4.69, 9.17) is 0 Å². The Balaban J connectivity index is 2.09. The molecule has 2 aromatic rings. The number of anilines is 1. The molecule has 0 amide bonds. The minimum Gasteiger partial charge on any atom is -0.233 e. The zero-order valence-electron chi connectivity index (χ0n) is 13.2. The van der Waals surface area contributed by atoms with E-state index in [0.29, 0.717) is 0 Å². The van der Waals surface area contributed by atoms with Gasteiger partial charge in [-0.05, 0) is 30.4 Å². The van der Waals surface area contributed by atoms with Crippen LogP contribution in [0.1, 0.15) is 39.5 Å². The van der Waals surface area contributed by atoms with Gasteiger partial charge in [0.25, 0.3) is 0 Å². The van der Waals surface area contributed by atoms with Crippen molar-refractivity contribution in [2.45, 2.75) is 39.5 Å². The van der Waals surface area contributed by atoms with Gasteiger partial charge in [-0.25, -0.2) is 9.48 Å². The molecular weight excluding hydrogens is 256 g/mol. The topological polar surface area (TPSA) is 6.25 Å². The average molecular weight is 281 g/mol. The molecule has 1 aliphatic heterocycles. The van der Waals surface area contributed by atoms with Gasteiger partial charge in [-0.2, -0.15) is 0 Å². The summed E-state index contributed by atoms with van der Waals surface area (Å²) in [4.78, 5) is 2.44. The molecule has 2 nitrogen and oxygen atoms in total. The summed E-state index contributed by atoms with van der Waals surface area (Å²) in [6.45, 7) is 6.72. The molecule has 0 saturated carbocycles. The minimum absolute atomic E-state index is 1.10. The second-order valence-corrected chi connectivity index (χ2v) is 5.86. The monoisotopic (exact) mass is 281 g/mol. The number of rotatable bonds is 6. The van der Waals surface area contributed by atoms with Crippen molar-refractivity contribution in [2.24, 2.45) is 0 Å². The first kappa shape index (κ1) is 14.1. The number of hydrogen-bond donors (Lipinski definition) is 0. The van der Waals surface area contributed by atoms with Crippen LogP contribution in [0.25, 0.3) is 10.8 Å². The lowest BCUT2D eigenvalue weighted by molar-refractivity contribution is -0.436. The first-order valence-electron chi connectivity index (χ1n) is 8.25. The molecule has 1 heterocycles. The molecular formula is C19H25N2+. The second-order valence-electron chi connectivity index (χ2n) is 5.86. The van der Waals surface area contributed by atoms with Gasteiger partial charge in [0, 0.05) is 0 Å². The smallest absolute Gasteiger partial charge is 0.233 e. The fraction of sp³-hybridized carbons (Fsp3) is 0.421. The Morgan fingerprint density at radius 3 is 2.48 bits per heavy atom. The van der Waals surface area contributed by atoms with Crippen LogP contribution in [0.5, 0.6) is 0 Å². The Kier molecular flexibility index (Phi) is 4.23. The fourth-order valence-corrected chi connectivity index (χ4v) is 3.09. The van der Waals surface area contributed by atoms with Crippen molar-refractivity contribution in [3.05, 3.63) is 36.4 Å². The lowest BCUT2D eigenvalue weighted by Crippen LogP contribution is -2.31. The summed E-state index contributed by atoms with van der Waals surface area (Å²) in [5.41, 5.74) is 2.73. The second kappa shape index (κ2) is 6.30. The molecule has 0 aliphatic carbocycles. The fourth-order valence-electron chi connectivity index (χ4n) is 3.09. The molecule has 2 heteroatoms. The summed E-state index contributed by atoms with van der Waals surface area (Å²) in [5.74, 6) is 0. The zero-order valence-corrected chi connectivity index (χ0v) is 13.2. The van der Waals surface area contributed by atoms with Gasteiger partial charge in [0.1, 0.15) is 11.4 Å². The first-order valence-corrected chi connectivity index (χ1v) is 8.25. The molecule has 0 bridgehead atoms. The first-order chi connectivity index (χ1) is 10.3. The van der Waals surface area contributed by atoms with Gasteiger partial charge in [0.05, 0.1) is 18.5 Å². The molecule has 0 N–H and O–H groups in total. The van der Waals surface area contributed by atoms with Crippen LogP contribution in [0.3, 0.4) is 0 Å². The Hall–Kier alpha value is -1.83. The van der Waals surface area contributed by atoms with E-state index in [2.05, 4.69) is 66.1 Å². The third-order valence-electron chi connectivity index (χ3n) is 4.26. The summed E-state index contributed by atoms with van der Waals surface area (Å²) >= 11 is 0. The number of benzene rings is 2. The average Bonchev–Trinajstić information content (AvgIpc) is 2.53. The van der Waals surface area contributed by atoms with Crippen LogP contribution in [0, 0.1) is 0 Å². The molecule has 21 heavy (non-hydrogen) atoms. The Labute approximate surface area is 127 Å². The maximum absolute atomic E-state index is 2.44. The van der Waals surface area contributed by atoms with Crippen molar-refractivity contribution in [3.63, 3.8) is 0 Å². The summed E-state index contributed by atoms with van der Waals surface area (Å²) < 4.78 is 2.44. The van der Waals surface area contributed by atoms with Gasteiger partial charge in [0.2, 0.25) is 6.34 Å². The van der Waals surface area contributed by atoms with Gasteiger partial charge >= 0.3 is 0 Å². The summed E-state index contributed by atoms with van der Waals surface area (Å²) in [6, 6.07) is 13.3. The lowest BCUT2D eigenvalue weighted by Gasteiger charge is -2.23. The number of nitrogens with zero attached hydrogens (tertiary/aromatic N) is 2. The van der Waals surface area contributed by atoms with Gasteiger partial charge < -0.3 is 0 Å². The molecule has 2 aromatic carbocycles. The molecule has 0 aromatic heterocycles. The van der Waals surface area contributed by atoms with Crippen LogP contribution < -0.4 is 4.90 Å². The van der Waals surface area contributed by atoms with E-state index in [1.807, 2.05) is 0 Å². The number of hydrogen-bond acceptors (Lipinski definition) is 1. The maximum Gasteiger partial charge on any atom is 0.244 e. The summed E-state index contributed by atoms with van der Waals surface area (Å²) in [6.07, 6.45) is 7.25. The van der Waals surface area contributed by atoms with Crippen molar-refractivity contribution in [3.8, 4) is 0 Å². The minimum atomic E-state index is 1.10. The van der Waals surface area contributed by atoms with Crippen molar-refractivity contribution in [1.29, 1.82) is 0 Å². The molecule has 1 aliphatic rings. The third kappa shape index (κ3) is 2.67. The summed E-state index contributed by atoms with van der Waals surface area (Å²) in [5, 5.41) is 2.76. The van der Waals surface area contributed by atoms with Crippen molar-refractivity contribution >= 4 is 28.5 Å². The zero-order chi connectivity index (χ0) is 14.7. The Morgan fingerprint density at radius 2 is 1.71 bits per heavy atom. The molecule has 3 rings (SSSR count). The van der Waals surface area contributed by atoms with Crippen molar-refractivity contribution < 1.29 is 4.58 Å². The van der Waals surface area contributed by atoms with E-state index in [1.165, 1.54) is 47.8 Å². The molecule has 110 valence electrons. The molecule has 0 spiro atoms. The molecule has 0 saturated heterocycles. The highest BCUT2D eigenvalue weighted by atomic mass is 15.2. The number of unbranched alkanes of at least 4 members (excludes halogenated alkanes) is 2. The van der Waals surface area contributed by atoms with Gasteiger partial charge in [-0.1, -0.05) is 51.0 Å².